The number of aliphatic imine (C=N–C) groups is 5. The molecule has 74 heavy (non-hydrogen) atoms. The highest BCUT2D eigenvalue weighted by Crippen LogP contribution is 2.34. The molecule has 0 bridgehead atoms. The van der Waals surface area contributed by atoms with E-state index in [4.69, 9.17) is 9.98 Å². The molecule has 358 valence electrons. The average molecular weight is 970 g/mol. The predicted octanol–water partition coefficient (Wildman–Crippen LogP) is 12.6. The second-order valence-electron chi connectivity index (χ2n) is 17.6. The lowest BCUT2D eigenvalue weighted by molar-refractivity contribution is 0.225. The molecule has 4 amide bonds. The molecule has 2 heterocycles. The fourth-order valence-corrected chi connectivity index (χ4v) is 8.72. The Morgan fingerprint density at radius 1 is 0.311 bits per heavy atom. The van der Waals surface area contributed by atoms with Gasteiger partial charge in [0.2, 0.25) is 30.2 Å². The van der Waals surface area contributed by atoms with E-state index in [0.29, 0.717) is 83.1 Å². The van der Waals surface area contributed by atoms with Gasteiger partial charge in [0, 0.05) is 7.05 Å². The van der Waals surface area contributed by atoms with Crippen molar-refractivity contribution in [3.05, 3.63) is 239 Å². The van der Waals surface area contributed by atoms with Gasteiger partial charge in [-0.1, -0.05) is 97.1 Å². The van der Waals surface area contributed by atoms with Crippen LogP contribution in [0.1, 0.15) is 44.5 Å². The molecule has 8 aromatic carbocycles. The van der Waals surface area contributed by atoms with E-state index in [1.165, 1.54) is 4.90 Å². The summed E-state index contributed by atoms with van der Waals surface area (Å²) in [6.45, 7) is 0. The van der Waals surface area contributed by atoms with Crippen molar-refractivity contribution in [2.75, 3.05) is 21.7 Å². The fourth-order valence-electron chi connectivity index (χ4n) is 8.72. The first-order chi connectivity index (χ1) is 36.2. The van der Waals surface area contributed by atoms with Gasteiger partial charge >= 0.3 is 12.1 Å². The molecule has 0 atom stereocenters. The lowest BCUT2D eigenvalue weighted by atomic mass is 10.0. The van der Waals surface area contributed by atoms with Crippen molar-refractivity contribution in [3.8, 4) is 0 Å². The number of nitrogens with zero attached hydrogens (tertiary/aromatic N) is 9. The van der Waals surface area contributed by atoms with Crippen molar-refractivity contribution in [1.29, 1.82) is 0 Å². The molecule has 0 spiro atoms. The first-order valence-electron chi connectivity index (χ1n) is 23.6. The molecule has 0 aliphatic carbocycles. The topological polar surface area (TPSA) is 160 Å². The van der Waals surface area contributed by atoms with Crippen LogP contribution in [0.5, 0.6) is 0 Å². The van der Waals surface area contributed by atoms with Gasteiger partial charge in [0.1, 0.15) is 0 Å². The van der Waals surface area contributed by atoms with Crippen molar-refractivity contribution in [2.24, 2.45) is 25.0 Å². The van der Waals surface area contributed by atoms with Crippen LogP contribution < -0.4 is 14.7 Å². The van der Waals surface area contributed by atoms with Crippen LogP contribution in [0.15, 0.2) is 219 Å². The maximum atomic E-state index is 14.2. The van der Waals surface area contributed by atoms with E-state index in [9.17, 15) is 24.0 Å². The van der Waals surface area contributed by atoms with Crippen molar-refractivity contribution in [1.82, 2.24) is 4.90 Å². The van der Waals surface area contributed by atoms with E-state index < -0.39 is 0 Å². The van der Waals surface area contributed by atoms with Gasteiger partial charge in [-0.25, -0.2) is 48.7 Å². The molecule has 2 aliphatic rings. The van der Waals surface area contributed by atoms with E-state index in [2.05, 4.69) is 15.0 Å². The minimum atomic E-state index is -0.243. The van der Waals surface area contributed by atoms with Crippen LogP contribution >= 0.6 is 0 Å². The minimum absolute atomic E-state index is 0.176. The second kappa shape index (κ2) is 21.4. The van der Waals surface area contributed by atoms with Crippen LogP contribution in [0.4, 0.5) is 55.1 Å². The van der Waals surface area contributed by atoms with Gasteiger partial charge in [-0.3, -0.25) is 4.90 Å². The zero-order valence-electron chi connectivity index (χ0n) is 39.9. The predicted molar refractivity (Wildman–Crippen MR) is 286 cm³/mol. The van der Waals surface area contributed by atoms with Gasteiger partial charge in [0.15, 0.2) is 0 Å². The smallest absolute Gasteiger partial charge is 0.266 e. The summed E-state index contributed by atoms with van der Waals surface area (Å²) in [7, 11) is 1.70. The number of carbonyl (C=O) groups is 2. The van der Waals surface area contributed by atoms with Gasteiger partial charge in [-0.05, 0) is 167 Å². The second-order valence-corrected chi connectivity index (χ2v) is 17.6. The highest BCUT2D eigenvalue weighted by atomic mass is 16.2. The molecule has 0 unspecified atom stereocenters. The molecule has 0 saturated carbocycles. The Kier molecular flexibility index (Phi) is 13.7. The van der Waals surface area contributed by atoms with Crippen LogP contribution in [-0.2, 0) is 40.1 Å². The number of urea groups is 2. The number of hydrogen-bond acceptors (Lipinski definition) is 10. The Morgan fingerprint density at radius 3 is 0.811 bits per heavy atom. The van der Waals surface area contributed by atoms with Crippen molar-refractivity contribution in [2.45, 2.75) is 25.7 Å². The van der Waals surface area contributed by atoms with Crippen molar-refractivity contribution in [3.63, 3.8) is 0 Å². The number of anilines is 3. The molecule has 2 saturated heterocycles. The standard InChI is InChI=1S/C60H43N9O5/c1-66-57(67(59(66)73)54-28-12-46(13-29-54)35-42-4-20-50(21-5-42)62-39-71)64-52-24-8-45(9-25-52)37-48-16-32-56(33-17-48)69-58(65-53-26-10-44(11-27-53)34-41-2-18-49(19-3-41)61-38-70)68(60(69)74)55-30-14-47(15-31-55)36-43-6-22-51(23-7-43)63-40-72/h2-33H,34-37H2,1H3/b64-57-,65-58+. The third-order valence-electron chi connectivity index (χ3n) is 12.6. The summed E-state index contributed by atoms with van der Waals surface area (Å²) < 4.78 is 0. The van der Waals surface area contributed by atoms with Crippen LogP contribution in [0, 0.1) is 0 Å². The number of guanidine groups is 2. The van der Waals surface area contributed by atoms with Gasteiger partial charge in [-0.15, -0.1) is 0 Å². The number of isocyanates is 3. The largest absolute Gasteiger partial charge is 0.342 e. The summed E-state index contributed by atoms with van der Waals surface area (Å²) >= 11 is 0. The molecule has 8 aromatic rings. The number of hydrogen-bond donors (Lipinski definition) is 0. The van der Waals surface area contributed by atoms with Crippen molar-refractivity contribution >= 4 is 87.7 Å². The first-order valence-corrected chi connectivity index (χ1v) is 23.6. The molecule has 0 radical (unpaired) electrons. The number of rotatable bonds is 16. The van der Waals surface area contributed by atoms with Crippen molar-refractivity contribution < 1.29 is 24.0 Å². The van der Waals surface area contributed by atoms with E-state index >= 15 is 0 Å². The van der Waals surface area contributed by atoms with E-state index in [0.717, 1.165) is 44.5 Å². The maximum Gasteiger partial charge on any atom is 0.342 e. The summed E-state index contributed by atoms with van der Waals surface area (Å²) in [5.74, 6) is 0.977. The normalized spacial score (nSPS) is 14.0. The van der Waals surface area contributed by atoms with Crippen LogP contribution in [0.2, 0.25) is 0 Å². The zero-order valence-corrected chi connectivity index (χ0v) is 39.9. The van der Waals surface area contributed by atoms with Gasteiger partial charge in [-0.2, -0.15) is 15.0 Å². The van der Waals surface area contributed by atoms with Gasteiger partial charge in [0.05, 0.1) is 45.5 Å². The summed E-state index contributed by atoms with van der Waals surface area (Å²) in [6.07, 6.45) is 7.33. The van der Waals surface area contributed by atoms with Gasteiger partial charge < -0.3 is 0 Å². The number of amides is 4. The molecule has 14 heteroatoms. The molecular weight excluding hydrogens is 927 g/mol. The minimum Gasteiger partial charge on any atom is -0.266 e. The number of carbonyl (C=O) groups excluding carboxylic acids is 5. The Morgan fingerprint density at radius 2 is 0.541 bits per heavy atom. The third-order valence-corrected chi connectivity index (χ3v) is 12.6. The highest BCUT2D eigenvalue weighted by Gasteiger charge is 2.44. The first kappa shape index (κ1) is 47.5. The van der Waals surface area contributed by atoms with Crippen LogP contribution in [-0.4, -0.2) is 54.2 Å². The molecule has 2 fully saturated rings. The summed E-state index contributed by atoms with van der Waals surface area (Å²) in [5.41, 5.74) is 13.5. The van der Waals surface area contributed by atoms with E-state index in [1.54, 1.807) is 76.4 Å². The Hall–Kier alpha value is -10.2. The fraction of sp³-hybridized carbons (Fsp3) is 0.0833. The Labute approximate surface area is 426 Å². The summed E-state index contributed by atoms with van der Waals surface area (Å²) in [6, 6.07) is 61.1. The molecule has 14 nitrogen and oxygen atoms in total. The van der Waals surface area contributed by atoms with Crippen LogP contribution in [0.25, 0.3) is 0 Å². The maximum absolute atomic E-state index is 14.2. The van der Waals surface area contributed by atoms with E-state index in [1.807, 2.05) is 158 Å². The molecule has 10 rings (SSSR count). The lowest BCUT2D eigenvalue weighted by Gasteiger charge is -2.42. The zero-order chi connectivity index (χ0) is 51.0. The van der Waals surface area contributed by atoms with E-state index in [-0.39, 0.29) is 12.1 Å². The quantitative estimate of drug-likeness (QED) is 0.0695. The molecule has 2 aliphatic heterocycles. The molecular formula is C60H43N9O5. The summed E-state index contributed by atoms with van der Waals surface area (Å²) in [4.78, 5) is 86.2. The number of benzene rings is 8. The molecule has 0 aromatic heterocycles. The Bertz CT molecular complexity index is 3580. The SMILES string of the molecule is CN1C(=O)N(c2ccc(Cc3ccc(N=C=O)cc3)cc2)/C1=N\c1ccc(Cc2ccc(N3C(=O)N(c4ccc(Cc5ccc(N=C=O)cc5)cc4)/C3=N\c3ccc(Cc4ccc(N=C=O)cc4)cc3)cc2)cc1. The monoisotopic (exact) mass is 969 g/mol. The lowest BCUT2D eigenvalue weighted by Crippen LogP contribution is -2.65. The van der Waals surface area contributed by atoms with Gasteiger partial charge in [0.25, 0.3) is 0 Å². The Balaban J connectivity index is 0.826. The summed E-state index contributed by atoms with van der Waals surface area (Å²) in [5, 5.41) is 0. The highest BCUT2D eigenvalue weighted by molar-refractivity contribution is 6.43. The van der Waals surface area contributed by atoms with Crippen LogP contribution in [0.3, 0.4) is 0 Å². The third kappa shape index (κ3) is 10.6. The molecule has 0 N–H and O–H groups in total. The average Bonchev–Trinajstić information content (AvgIpc) is 3.43.